The van der Waals surface area contributed by atoms with Gasteiger partial charge in [-0.2, -0.15) is 0 Å². The molecule has 0 amide bonds. The van der Waals surface area contributed by atoms with Crippen molar-refractivity contribution in [2.75, 3.05) is 0 Å². The lowest BCUT2D eigenvalue weighted by Crippen LogP contribution is -2.23. The van der Waals surface area contributed by atoms with Crippen LogP contribution in [0.5, 0.6) is 5.75 Å². The minimum Gasteiger partial charge on any atom is -0.508 e. The summed E-state index contributed by atoms with van der Waals surface area (Å²) < 4.78 is 1.90. The number of aromatic nitrogens is 3. The fourth-order valence-electron chi connectivity index (χ4n) is 2.65. The molecule has 1 aromatic heterocycles. The maximum Gasteiger partial charge on any atom is 0.314 e. The molecule has 20 heavy (non-hydrogen) atoms. The number of aliphatic carboxylic acids is 1. The van der Waals surface area contributed by atoms with E-state index in [1.54, 1.807) is 18.2 Å². The van der Waals surface area contributed by atoms with Crippen LogP contribution in [0.25, 0.3) is 0 Å². The van der Waals surface area contributed by atoms with E-state index in [0.29, 0.717) is 18.7 Å². The predicted molar refractivity (Wildman–Crippen MR) is 70.5 cm³/mol. The van der Waals surface area contributed by atoms with Gasteiger partial charge in [-0.05, 0) is 30.5 Å². The van der Waals surface area contributed by atoms with Gasteiger partial charge in [-0.25, -0.2) is 0 Å². The minimum absolute atomic E-state index is 0.212. The summed E-state index contributed by atoms with van der Waals surface area (Å²) >= 11 is 0. The molecule has 2 N–H and O–H groups in total. The number of fused-ring (bicyclic) bond motifs is 1. The van der Waals surface area contributed by atoms with Crippen LogP contribution in [0.3, 0.4) is 0 Å². The van der Waals surface area contributed by atoms with Crippen molar-refractivity contribution in [2.45, 2.75) is 31.7 Å². The normalized spacial score (nSPS) is 17.7. The fourth-order valence-corrected chi connectivity index (χ4v) is 2.65. The maximum absolute atomic E-state index is 11.2. The Morgan fingerprint density at radius 3 is 3.00 bits per heavy atom. The number of phenols is 1. The number of hydrogen-bond donors (Lipinski definition) is 2. The molecule has 0 saturated carbocycles. The van der Waals surface area contributed by atoms with Crippen molar-refractivity contribution in [1.29, 1.82) is 0 Å². The van der Waals surface area contributed by atoms with Crippen LogP contribution in [0, 0.1) is 0 Å². The fraction of sp³-hybridized carbons (Fsp3) is 0.357. The number of aromatic hydroxyl groups is 1. The molecule has 0 fully saturated rings. The van der Waals surface area contributed by atoms with E-state index in [0.717, 1.165) is 24.4 Å². The Hall–Kier alpha value is -2.37. The highest BCUT2D eigenvalue weighted by Gasteiger charge is 2.30. The second-order valence-electron chi connectivity index (χ2n) is 5.01. The number of hydrogen-bond acceptors (Lipinski definition) is 4. The Balaban J connectivity index is 1.91. The lowest BCUT2D eigenvalue weighted by molar-refractivity contribution is -0.139. The monoisotopic (exact) mass is 273 g/mol. The number of phenolic OH excluding ortho intramolecular Hbond substituents is 1. The summed E-state index contributed by atoms with van der Waals surface area (Å²) in [5, 5.41) is 26.9. The van der Waals surface area contributed by atoms with Crippen LogP contribution in [0.15, 0.2) is 24.3 Å². The van der Waals surface area contributed by atoms with Gasteiger partial charge in [0.15, 0.2) is 0 Å². The standard InChI is InChI=1S/C14H15N3O3/c18-10-4-1-3-9(7-10)8-12-15-16-13-11(14(19)20)5-2-6-17(12)13/h1,3-4,7,11,18H,2,5-6,8H2,(H,19,20). The van der Waals surface area contributed by atoms with E-state index in [-0.39, 0.29) is 5.75 Å². The van der Waals surface area contributed by atoms with Crippen molar-refractivity contribution in [3.05, 3.63) is 41.5 Å². The second kappa shape index (κ2) is 4.96. The van der Waals surface area contributed by atoms with Gasteiger partial charge in [0.1, 0.15) is 23.3 Å². The smallest absolute Gasteiger partial charge is 0.314 e. The summed E-state index contributed by atoms with van der Waals surface area (Å²) in [6.07, 6.45) is 1.96. The highest BCUT2D eigenvalue weighted by atomic mass is 16.4. The zero-order valence-corrected chi connectivity index (χ0v) is 10.9. The molecule has 1 aliphatic heterocycles. The van der Waals surface area contributed by atoms with Crippen LogP contribution in [0.1, 0.15) is 36.0 Å². The van der Waals surface area contributed by atoms with Crippen molar-refractivity contribution in [3.63, 3.8) is 0 Å². The first kappa shape index (κ1) is 12.7. The summed E-state index contributed by atoms with van der Waals surface area (Å²) in [4.78, 5) is 11.2. The Labute approximate surface area is 115 Å². The summed E-state index contributed by atoms with van der Waals surface area (Å²) in [5.74, 6) is 0.0937. The van der Waals surface area contributed by atoms with E-state index in [9.17, 15) is 15.0 Å². The number of benzene rings is 1. The van der Waals surface area contributed by atoms with E-state index >= 15 is 0 Å². The van der Waals surface area contributed by atoms with Crippen LogP contribution in [-0.4, -0.2) is 30.9 Å². The van der Waals surface area contributed by atoms with Gasteiger partial charge in [0, 0.05) is 13.0 Å². The summed E-state index contributed by atoms with van der Waals surface area (Å²) in [7, 11) is 0. The Bertz CT molecular complexity index is 651. The Morgan fingerprint density at radius 1 is 1.40 bits per heavy atom. The molecule has 1 aromatic carbocycles. The molecule has 2 heterocycles. The largest absolute Gasteiger partial charge is 0.508 e. The van der Waals surface area contributed by atoms with Crippen LogP contribution in [0.2, 0.25) is 0 Å². The van der Waals surface area contributed by atoms with Crippen molar-refractivity contribution in [3.8, 4) is 5.75 Å². The summed E-state index contributed by atoms with van der Waals surface area (Å²) in [6.45, 7) is 0.750. The SMILES string of the molecule is O=C(O)C1CCCn2c(Cc3cccc(O)c3)nnc21. The van der Waals surface area contributed by atoms with E-state index < -0.39 is 11.9 Å². The average Bonchev–Trinajstić information content (AvgIpc) is 2.82. The highest BCUT2D eigenvalue weighted by molar-refractivity contribution is 5.75. The molecule has 104 valence electrons. The van der Waals surface area contributed by atoms with Crippen LogP contribution >= 0.6 is 0 Å². The minimum atomic E-state index is -0.845. The van der Waals surface area contributed by atoms with E-state index in [1.165, 1.54) is 0 Å². The third kappa shape index (κ3) is 2.24. The van der Waals surface area contributed by atoms with Crippen molar-refractivity contribution >= 4 is 5.97 Å². The third-order valence-corrected chi connectivity index (χ3v) is 3.61. The lowest BCUT2D eigenvalue weighted by atomic mass is 9.99. The Morgan fingerprint density at radius 2 is 2.25 bits per heavy atom. The summed E-state index contributed by atoms with van der Waals surface area (Å²) in [6, 6.07) is 6.97. The predicted octanol–water partition coefficient (Wildman–Crippen LogP) is 1.54. The molecule has 0 radical (unpaired) electrons. The van der Waals surface area contributed by atoms with Gasteiger partial charge in [-0.15, -0.1) is 10.2 Å². The Kier molecular flexibility index (Phi) is 3.14. The van der Waals surface area contributed by atoms with E-state index in [2.05, 4.69) is 10.2 Å². The van der Waals surface area contributed by atoms with Gasteiger partial charge < -0.3 is 14.8 Å². The van der Waals surface area contributed by atoms with Crippen molar-refractivity contribution in [2.24, 2.45) is 0 Å². The molecule has 1 atom stereocenters. The zero-order chi connectivity index (χ0) is 14.1. The molecule has 3 rings (SSSR count). The van der Waals surface area contributed by atoms with Crippen molar-refractivity contribution in [1.82, 2.24) is 14.8 Å². The molecule has 6 nitrogen and oxygen atoms in total. The third-order valence-electron chi connectivity index (χ3n) is 3.61. The molecule has 6 heteroatoms. The quantitative estimate of drug-likeness (QED) is 0.885. The highest BCUT2D eigenvalue weighted by Crippen LogP contribution is 2.27. The van der Waals surface area contributed by atoms with Gasteiger partial charge in [-0.3, -0.25) is 4.79 Å². The number of rotatable bonds is 3. The van der Waals surface area contributed by atoms with Crippen LogP contribution in [-0.2, 0) is 17.8 Å². The first-order chi connectivity index (χ1) is 9.65. The zero-order valence-electron chi connectivity index (χ0n) is 10.9. The number of nitrogens with zero attached hydrogens (tertiary/aromatic N) is 3. The number of carbonyl (C=O) groups is 1. The van der Waals surface area contributed by atoms with Gasteiger partial charge in [0.2, 0.25) is 0 Å². The molecular weight excluding hydrogens is 258 g/mol. The number of carboxylic acids is 1. The molecule has 1 unspecified atom stereocenters. The van der Waals surface area contributed by atoms with Gasteiger partial charge in [0.25, 0.3) is 0 Å². The van der Waals surface area contributed by atoms with Crippen LogP contribution in [0.4, 0.5) is 0 Å². The average molecular weight is 273 g/mol. The van der Waals surface area contributed by atoms with Gasteiger partial charge >= 0.3 is 5.97 Å². The van der Waals surface area contributed by atoms with Crippen molar-refractivity contribution < 1.29 is 15.0 Å². The first-order valence-electron chi connectivity index (χ1n) is 6.58. The van der Waals surface area contributed by atoms with E-state index in [1.807, 2.05) is 10.6 Å². The number of carboxylic acid groups (broad SMARTS) is 1. The van der Waals surface area contributed by atoms with Crippen LogP contribution < -0.4 is 0 Å². The topological polar surface area (TPSA) is 88.2 Å². The molecule has 0 aliphatic carbocycles. The van der Waals surface area contributed by atoms with Gasteiger partial charge in [-0.1, -0.05) is 12.1 Å². The van der Waals surface area contributed by atoms with E-state index in [4.69, 9.17) is 0 Å². The maximum atomic E-state index is 11.2. The first-order valence-corrected chi connectivity index (χ1v) is 6.58. The molecular formula is C14H15N3O3. The molecule has 2 aromatic rings. The van der Waals surface area contributed by atoms with Gasteiger partial charge in [0.05, 0.1) is 0 Å². The lowest BCUT2D eigenvalue weighted by Gasteiger charge is -2.20. The molecule has 0 saturated heterocycles. The second-order valence-corrected chi connectivity index (χ2v) is 5.01. The molecule has 0 spiro atoms. The summed E-state index contributed by atoms with van der Waals surface area (Å²) in [5.41, 5.74) is 0.928. The molecule has 0 bridgehead atoms. The molecule has 1 aliphatic rings.